The molecule has 0 radical (unpaired) electrons. The molecule has 1 amide bonds. The van der Waals surface area contributed by atoms with E-state index in [1.165, 1.54) is 73.0 Å². The Kier molecular flexibility index (Phi) is 10.2. The highest BCUT2D eigenvalue weighted by Crippen LogP contribution is 2.39. The van der Waals surface area contributed by atoms with Crippen LogP contribution in [0.25, 0.3) is 0 Å². The highest BCUT2D eigenvalue weighted by molar-refractivity contribution is 7.92. The van der Waals surface area contributed by atoms with Crippen molar-refractivity contribution in [1.82, 2.24) is 5.32 Å². The van der Waals surface area contributed by atoms with Crippen LogP contribution in [0.15, 0.2) is 53.4 Å². The van der Waals surface area contributed by atoms with E-state index in [2.05, 4.69) is 5.32 Å². The number of nitrogens with zero attached hydrogens (tertiary/aromatic N) is 1. The van der Waals surface area contributed by atoms with Gasteiger partial charge in [-0.2, -0.15) is 0 Å². The summed E-state index contributed by atoms with van der Waals surface area (Å²) in [5, 5.41) is 2.99. The number of methoxy groups -OCH3 is 6. The first-order valence-corrected chi connectivity index (χ1v) is 13.6. The Hall–Kier alpha value is -4.03. The second-order valence-corrected chi connectivity index (χ2v) is 10.5. The summed E-state index contributed by atoms with van der Waals surface area (Å²) in [6.45, 7) is -0.537. The Morgan fingerprint density at radius 2 is 1.32 bits per heavy atom. The normalized spacial score (nSPS) is 10.9. The number of nitrogens with one attached hydrogen (secondary N) is 1. The number of sulfonamides is 1. The van der Waals surface area contributed by atoms with Gasteiger partial charge in [-0.25, -0.2) is 8.42 Å². The molecule has 0 fully saturated rings. The number of amides is 1. The fraction of sp³-hybridized carbons (Fsp3) is 0.296. The first-order valence-electron chi connectivity index (χ1n) is 11.8. The zero-order valence-electron chi connectivity index (χ0n) is 22.9. The van der Waals surface area contributed by atoms with Crippen LogP contribution in [0.4, 0.5) is 5.69 Å². The van der Waals surface area contributed by atoms with Gasteiger partial charge in [-0.15, -0.1) is 0 Å². The van der Waals surface area contributed by atoms with Crippen LogP contribution < -0.4 is 38.0 Å². The van der Waals surface area contributed by atoms with Crippen LogP contribution in [0.5, 0.6) is 34.5 Å². The molecule has 1 N–H and O–H groups in total. The SMILES string of the molecule is COc1ccc(S(=O)(=O)N(CC(=O)NCc2cc(OC)c(OC)c(OC)c2)c2cc(Cl)ccc2OC)cc1OC. The smallest absolute Gasteiger partial charge is 0.265 e. The Bertz CT molecular complexity index is 1440. The van der Waals surface area contributed by atoms with Gasteiger partial charge in [0.2, 0.25) is 11.7 Å². The van der Waals surface area contributed by atoms with Gasteiger partial charge >= 0.3 is 0 Å². The molecular weight excluding hydrogens is 564 g/mol. The monoisotopic (exact) mass is 594 g/mol. The number of hydrogen-bond acceptors (Lipinski definition) is 9. The lowest BCUT2D eigenvalue weighted by Crippen LogP contribution is -2.41. The molecule has 0 atom stereocenters. The number of hydrogen-bond donors (Lipinski definition) is 1. The largest absolute Gasteiger partial charge is 0.495 e. The van der Waals surface area contributed by atoms with Crippen molar-refractivity contribution >= 4 is 33.2 Å². The molecule has 3 rings (SSSR count). The van der Waals surface area contributed by atoms with Crippen molar-refractivity contribution < 1.29 is 41.6 Å². The lowest BCUT2D eigenvalue weighted by Gasteiger charge is -2.26. The highest BCUT2D eigenvalue weighted by atomic mass is 35.5. The van der Waals surface area contributed by atoms with Crippen LogP contribution in [0, 0.1) is 0 Å². The van der Waals surface area contributed by atoms with Crippen molar-refractivity contribution in [1.29, 1.82) is 0 Å². The van der Waals surface area contributed by atoms with Crippen molar-refractivity contribution in [2.24, 2.45) is 0 Å². The van der Waals surface area contributed by atoms with Crippen molar-refractivity contribution in [2.45, 2.75) is 11.4 Å². The molecule has 3 aromatic carbocycles. The first-order chi connectivity index (χ1) is 19.1. The molecule has 0 saturated carbocycles. The third-order valence-corrected chi connectivity index (χ3v) is 7.84. The second-order valence-electron chi connectivity index (χ2n) is 8.15. The highest BCUT2D eigenvalue weighted by Gasteiger charge is 2.31. The number of carbonyl (C=O) groups excluding carboxylic acids is 1. The van der Waals surface area contributed by atoms with E-state index in [0.29, 0.717) is 28.6 Å². The van der Waals surface area contributed by atoms with Gasteiger partial charge in [-0.1, -0.05) is 11.6 Å². The van der Waals surface area contributed by atoms with Gasteiger partial charge in [0.15, 0.2) is 23.0 Å². The van der Waals surface area contributed by atoms with E-state index >= 15 is 0 Å². The third kappa shape index (κ3) is 6.57. The summed E-state index contributed by atoms with van der Waals surface area (Å²) in [6.07, 6.45) is 0. The molecule has 40 heavy (non-hydrogen) atoms. The molecule has 0 bridgehead atoms. The van der Waals surface area contributed by atoms with E-state index in [-0.39, 0.29) is 33.6 Å². The second kappa shape index (κ2) is 13.4. The number of benzene rings is 3. The molecule has 0 aliphatic rings. The number of rotatable bonds is 13. The van der Waals surface area contributed by atoms with Crippen LogP contribution in [0.3, 0.4) is 0 Å². The maximum atomic E-state index is 13.9. The minimum atomic E-state index is -4.33. The number of anilines is 1. The molecule has 0 heterocycles. The van der Waals surface area contributed by atoms with E-state index in [4.69, 9.17) is 40.0 Å². The quantitative estimate of drug-likeness (QED) is 0.314. The molecule has 0 aliphatic carbocycles. The van der Waals surface area contributed by atoms with Crippen LogP contribution in [-0.2, 0) is 21.4 Å². The van der Waals surface area contributed by atoms with Crippen LogP contribution in [0.2, 0.25) is 5.02 Å². The summed E-state index contributed by atoms with van der Waals surface area (Å²) < 4.78 is 60.7. The van der Waals surface area contributed by atoms with Gasteiger partial charge in [0.1, 0.15) is 12.3 Å². The van der Waals surface area contributed by atoms with Gasteiger partial charge < -0.3 is 33.7 Å². The van der Waals surface area contributed by atoms with Gasteiger partial charge in [0.05, 0.1) is 53.2 Å². The van der Waals surface area contributed by atoms with Gasteiger partial charge in [-0.3, -0.25) is 9.10 Å². The Balaban J connectivity index is 1.98. The summed E-state index contributed by atoms with van der Waals surface area (Å²) in [4.78, 5) is 13.1. The standard InChI is InChI=1S/C27H31ClN2O9S/c1-34-21-9-7-18(28)13-20(21)30(40(32,33)19-8-10-22(35-2)23(14-19)36-3)16-26(31)29-15-17-11-24(37-4)27(39-6)25(12-17)38-5/h7-14H,15-16H2,1-6H3,(H,29,31). The summed E-state index contributed by atoms with van der Waals surface area (Å²) in [6, 6.07) is 12.0. The van der Waals surface area contributed by atoms with E-state index in [9.17, 15) is 13.2 Å². The topological polar surface area (TPSA) is 122 Å². The number of carbonyl (C=O) groups is 1. The lowest BCUT2D eigenvalue weighted by molar-refractivity contribution is -0.119. The zero-order valence-corrected chi connectivity index (χ0v) is 24.5. The fourth-order valence-electron chi connectivity index (χ4n) is 3.89. The van der Waals surface area contributed by atoms with Crippen molar-refractivity contribution in [3.8, 4) is 34.5 Å². The van der Waals surface area contributed by atoms with Crippen LogP contribution >= 0.6 is 11.6 Å². The van der Waals surface area contributed by atoms with Crippen LogP contribution in [0.1, 0.15) is 5.56 Å². The first kappa shape index (κ1) is 30.5. The van der Waals surface area contributed by atoms with E-state index in [1.54, 1.807) is 18.2 Å². The van der Waals surface area contributed by atoms with E-state index < -0.39 is 22.5 Å². The lowest BCUT2D eigenvalue weighted by atomic mass is 10.1. The maximum Gasteiger partial charge on any atom is 0.265 e. The van der Waals surface area contributed by atoms with Gasteiger partial charge in [0.25, 0.3) is 10.0 Å². The molecular formula is C27H31ClN2O9S. The zero-order chi connectivity index (χ0) is 29.4. The Morgan fingerprint density at radius 1 is 0.750 bits per heavy atom. The minimum Gasteiger partial charge on any atom is -0.495 e. The van der Waals surface area contributed by atoms with Crippen molar-refractivity contribution in [2.75, 3.05) is 53.5 Å². The molecule has 0 saturated heterocycles. The molecule has 216 valence electrons. The molecule has 3 aromatic rings. The van der Waals surface area contributed by atoms with Crippen molar-refractivity contribution in [3.05, 3.63) is 59.1 Å². The summed E-state index contributed by atoms with van der Waals surface area (Å²) in [5.74, 6) is 1.37. The molecule has 0 unspecified atom stereocenters. The minimum absolute atomic E-state index is 0.0481. The summed E-state index contributed by atoms with van der Waals surface area (Å²) in [7, 11) is 4.34. The summed E-state index contributed by atoms with van der Waals surface area (Å²) >= 11 is 6.21. The van der Waals surface area contributed by atoms with Gasteiger partial charge in [0, 0.05) is 17.6 Å². The Labute approximate surface area is 238 Å². The van der Waals surface area contributed by atoms with Crippen LogP contribution in [-0.4, -0.2) is 63.5 Å². The van der Waals surface area contributed by atoms with E-state index in [1.807, 2.05) is 0 Å². The molecule has 11 nitrogen and oxygen atoms in total. The van der Waals surface area contributed by atoms with Crippen molar-refractivity contribution in [3.63, 3.8) is 0 Å². The molecule has 0 aromatic heterocycles. The molecule has 0 aliphatic heterocycles. The summed E-state index contributed by atoms with van der Waals surface area (Å²) in [5.41, 5.74) is 0.713. The molecule has 13 heteroatoms. The Morgan fingerprint density at radius 3 is 1.88 bits per heavy atom. The maximum absolute atomic E-state index is 13.9. The number of halogens is 1. The predicted octanol–water partition coefficient (Wildman–Crippen LogP) is 3.90. The average molecular weight is 595 g/mol. The average Bonchev–Trinajstić information content (AvgIpc) is 2.97. The number of ether oxygens (including phenoxy) is 6. The van der Waals surface area contributed by atoms with Gasteiger partial charge in [-0.05, 0) is 48.0 Å². The van der Waals surface area contributed by atoms with E-state index in [0.717, 1.165) is 4.31 Å². The molecule has 0 spiro atoms. The fourth-order valence-corrected chi connectivity index (χ4v) is 5.49. The third-order valence-electron chi connectivity index (χ3n) is 5.85. The predicted molar refractivity (Wildman–Crippen MR) is 150 cm³/mol.